The van der Waals surface area contributed by atoms with Gasteiger partial charge >= 0.3 is 5.69 Å². The van der Waals surface area contributed by atoms with Crippen molar-refractivity contribution in [1.82, 2.24) is 4.98 Å². The third-order valence-corrected chi connectivity index (χ3v) is 3.50. The van der Waals surface area contributed by atoms with Crippen molar-refractivity contribution in [2.75, 3.05) is 11.9 Å². The van der Waals surface area contributed by atoms with Crippen LogP contribution >= 0.6 is 0 Å². The summed E-state index contributed by atoms with van der Waals surface area (Å²) in [5.74, 6) is 0.434. The molecule has 0 saturated heterocycles. The van der Waals surface area contributed by atoms with Gasteiger partial charge in [-0.05, 0) is 23.6 Å². The van der Waals surface area contributed by atoms with Gasteiger partial charge in [0.25, 0.3) is 0 Å². The normalized spacial score (nSPS) is 16.3. The first-order valence-corrected chi connectivity index (χ1v) is 6.16. The van der Waals surface area contributed by atoms with E-state index in [1.165, 1.54) is 17.3 Å². The maximum Gasteiger partial charge on any atom is 0.310 e. The third-order valence-electron chi connectivity index (χ3n) is 3.50. The van der Waals surface area contributed by atoms with E-state index in [0.717, 1.165) is 6.42 Å². The molecule has 0 fully saturated rings. The second-order valence-electron chi connectivity index (χ2n) is 4.63. The number of hydrogen-bond acceptors (Lipinski definition) is 4. The molecule has 1 heterocycles. The molecule has 1 aliphatic carbocycles. The second-order valence-corrected chi connectivity index (χ2v) is 4.63. The molecule has 3 rings (SSSR count). The third kappa shape index (κ3) is 2.14. The van der Waals surface area contributed by atoms with Crippen molar-refractivity contribution in [2.24, 2.45) is 0 Å². The van der Waals surface area contributed by atoms with Crippen molar-refractivity contribution in [3.05, 3.63) is 64.0 Å². The van der Waals surface area contributed by atoms with E-state index in [1.54, 1.807) is 12.3 Å². The fourth-order valence-electron chi connectivity index (χ4n) is 2.46. The van der Waals surface area contributed by atoms with Crippen LogP contribution in [0.25, 0.3) is 0 Å². The number of nitro groups is 1. The molecule has 2 aromatic rings. The Labute approximate surface area is 110 Å². The SMILES string of the molecule is O=[N+]([O-])c1cnccc1NCC1Cc2ccccc21. The smallest absolute Gasteiger partial charge is 0.310 e. The van der Waals surface area contributed by atoms with Gasteiger partial charge < -0.3 is 5.32 Å². The molecule has 0 aliphatic heterocycles. The number of nitrogens with one attached hydrogen (secondary N) is 1. The van der Waals surface area contributed by atoms with E-state index < -0.39 is 4.92 Å². The van der Waals surface area contributed by atoms with E-state index in [0.29, 0.717) is 18.2 Å². The summed E-state index contributed by atoms with van der Waals surface area (Å²) < 4.78 is 0. The fraction of sp³-hybridized carbons (Fsp3) is 0.214. The zero-order valence-corrected chi connectivity index (χ0v) is 10.2. The molecule has 0 amide bonds. The summed E-state index contributed by atoms with van der Waals surface area (Å²) in [6, 6.07) is 9.95. The number of anilines is 1. The Morgan fingerprint density at radius 2 is 2.21 bits per heavy atom. The van der Waals surface area contributed by atoms with Crippen molar-refractivity contribution in [1.29, 1.82) is 0 Å². The molecule has 0 radical (unpaired) electrons. The zero-order chi connectivity index (χ0) is 13.2. The van der Waals surface area contributed by atoms with Gasteiger partial charge in [-0.2, -0.15) is 0 Å². The Bertz CT molecular complexity index is 628. The molecule has 1 aliphatic rings. The molecule has 1 N–H and O–H groups in total. The van der Waals surface area contributed by atoms with Crippen LogP contribution in [-0.2, 0) is 6.42 Å². The van der Waals surface area contributed by atoms with Crippen molar-refractivity contribution in [3.8, 4) is 0 Å². The lowest BCUT2D eigenvalue weighted by molar-refractivity contribution is -0.384. The summed E-state index contributed by atoms with van der Waals surface area (Å²) in [6.07, 6.45) is 3.86. The monoisotopic (exact) mass is 255 g/mol. The molecule has 19 heavy (non-hydrogen) atoms. The van der Waals surface area contributed by atoms with Crippen LogP contribution in [0.1, 0.15) is 17.0 Å². The van der Waals surface area contributed by atoms with Gasteiger partial charge in [0, 0.05) is 18.7 Å². The summed E-state index contributed by atoms with van der Waals surface area (Å²) >= 11 is 0. The predicted molar refractivity (Wildman–Crippen MR) is 72.3 cm³/mol. The van der Waals surface area contributed by atoms with E-state index in [2.05, 4.69) is 22.4 Å². The maximum absolute atomic E-state index is 10.9. The summed E-state index contributed by atoms with van der Waals surface area (Å²) in [5, 5.41) is 14.0. The number of nitrogens with zero attached hydrogens (tertiary/aromatic N) is 2. The lowest BCUT2D eigenvalue weighted by Gasteiger charge is -2.30. The Morgan fingerprint density at radius 3 is 3.00 bits per heavy atom. The number of hydrogen-bond donors (Lipinski definition) is 1. The van der Waals surface area contributed by atoms with Gasteiger partial charge in [0.1, 0.15) is 11.9 Å². The lowest BCUT2D eigenvalue weighted by atomic mass is 9.77. The largest absolute Gasteiger partial charge is 0.379 e. The minimum absolute atomic E-state index is 0.0232. The molecule has 1 atom stereocenters. The van der Waals surface area contributed by atoms with E-state index in [4.69, 9.17) is 0 Å². The number of rotatable bonds is 4. The van der Waals surface area contributed by atoms with Crippen LogP contribution < -0.4 is 5.32 Å². The van der Waals surface area contributed by atoms with E-state index in [-0.39, 0.29) is 5.69 Å². The first-order valence-electron chi connectivity index (χ1n) is 6.16. The van der Waals surface area contributed by atoms with Gasteiger partial charge in [0.2, 0.25) is 0 Å². The highest BCUT2D eigenvalue weighted by Crippen LogP contribution is 2.35. The molecule has 0 saturated carbocycles. The first kappa shape index (κ1) is 11.6. The van der Waals surface area contributed by atoms with Gasteiger partial charge in [0.05, 0.1) is 4.92 Å². The predicted octanol–water partition coefficient (Wildman–Crippen LogP) is 2.74. The highest BCUT2D eigenvalue weighted by atomic mass is 16.6. The van der Waals surface area contributed by atoms with Crippen molar-refractivity contribution in [2.45, 2.75) is 12.3 Å². The summed E-state index contributed by atoms with van der Waals surface area (Å²) in [6.45, 7) is 0.710. The van der Waals surface area contributed by atoms with Crippen molar-refractivity contribution < 1.29 is 4.92 Å². The van der Waals surface area contributed by atoms with Gasteiger partial charge in [-0.1, -0.05) is 24.3 Å². The number of benzene rings is 1. The van der Waals surface area contributed by atoms with Gasteiger partial charge in [-0.3, -0.25) is 15.1 Å². The van der Waals surface area contributed by atoms with Crippen LogP contribution in [0.15, 0.2) is 42.7 Å². The second kappa shape index (κ2) is 4.68. The number of aromatic nitrogens is 1. The van der Waals surface area contributed by atoms with Crippen LogP contribution in [0.5, 0.6) is 0 Å². The Balaban J connectivity index is 1.70. The molecule has 1 aromatic carbocycles. The maximum atomic E-state index is 10.9. The van der Waals surface area contributed by atoms with Crippen LogP contribution in [0.2, 0.25) is 0 Å². The van der Waals surface area contributed by atoms with Gasteiger partial charge in [-0.15, -0.1) is 0 Å². The van der Waals surface area contributed by atoms with Crippen LogP contribution in [0.3, 0.4) is 0 Å². The zero-order valence-electron chi connectivity index (χ0n) is 10.2. The lowest BCUT2D eigenvalue weighted by Crippen LogP contribution is -2.24. The van der Waals surface area contributed by atoms with Crippen LogP contribution in [-0.4, -0.2) is 16.5 Å². The standard InChI is InChI=1S/C14H13N3O2/c18-17(19)14-9-15-6-5-13(14)16-8-11-7-10-3-1-2-4-12(10)11/h1-6,9,11H,7-8H2,(H,15,16). The highest BCUT2D eigenvalue weighted by molar-refractivity contribution is 5.60. The Hall–Kier alpha value is -2.43. The average Bonchev–Trinajstić information content (AvgIpc) is 2.40. The topological polar surface area (TPSA) is 68.1 Å². The van der Waals surface area contributed by atoms with Crippen molar-refractivity contribution in [3.63, 3.8) is 0 Å². The average molecular weight is 255 g/mol. The molecule has 0 bridgehead atoms. The molecule has 0 spiro atoms. The van der Waals surface area contributed by atoms with E-state index in [1.807, 2.05) is 12.1 Å². The Kier molecular flexibility index (Phi) is 2.87. The molecular formula is C14H13N3O2. The van der Waals surface area contributed by atoms with Crippen molar-refractivity contribution >= 4 is 11.4 Å². The quantitative estimate of drug-likeness (QED) is 0.673. The minimum Gasteiger partial charge on any atom is -0.379 e. The number of pyridine rings is 1. The molecule has 1 aromatic heterocycles. The molecule has 5 heteroatoms. The van der Waals surface area contributed by atoms with E-state index >= 15 is 0 Å². The minimum atomic E-state index is -0.413. The fourth-order valence-corrected chi connectivity index (χ4v) is 2.46. The number of fused-ring (bicyclic) bond motifs is 1. The Morgan fingerprint density at radius 1 is 1.37 bits per heavy atom. The molecule has 96 valence electrons. The van der Waals surface area contributed by atoms with Crippen LogP contribution in [0, 0.1) is 10.1 Å². The summed E-state index contributed by atoms with van der Waals surface area (Å²) in [4.78, 5) is 14.2. The van der Waals surface area contributed by atoms with Crippen LogP contribution in [0.4, 0.5) is 11.4 Å². The molecule has 1 unspecified atom stereocenters. The summed E-state index contributed by atoms with van der Waals surface area (Å²) in [7, 11) is 0. The van der Waals surface area contributed by atoms with Gasteiger partial charge in [0.15, 0.2) is 0 Å². The first-order chi connectivity index (χ1) is 9.25. The van der Waals surface area contributed by atoms with Gasteiger partial charge in [-0.25, -0.2) is 0 Å². The molecule has 5 nitrogen and oxygen atoms in total. The highest BCUT2D eigenvalue weighted by Gasteiger charge is 2.25. The summed E-state index contributed by atoms with van der Waals surface area (Å²) in [5.41, 5.74) is 3.27. The molecular weight excluding hydrogens is 242 g/mol. The van der Waals surface area contributed by atoms with E-state index in [9.17, 15) is 10.1 Å².